The molecule has 0 aromatic carbocycles. The molecule has 0 bridgehead atoms. The quantitative estimate of drug-likeness (QED) is 0.514. The van der Waals surface area contributed by atoms with Crippen LogP contribution >= 0.6 is 0 Å². The molecule has 4 aromatic rings. The zero-order chi connectivity index (χ0) is 21.4. The molecule has 0 radical (unpaired) electrons. The van der Waals surface area contributed by atoms with Crippen LogP contribution in [0.5, 0.6) is 0 Å². The van der Waals surface area contributed by atoms with Crippen LogP contribution in [0.15, 0.2) is 67.3 Å². The lowest BCUT2D eigenvalue weighted by molar-refractivity contribution is 0.0657. The van der Waals surface area contributed by atoms with Crippen LogP contribution in [-0.2, 0) is 0 Å². The summed E-state index contributed by atoms with van der Waals surface area (Å²) < 4.78 is 3.87. The lowest BCUT2D eigenvalue weighted by Gasteiger charge is -2.34. The summed E-state index contributed by atoms with van der Waals surface area (Å²) in [6.45, 7) is 1.55. The second-order valence-electron chi connectivity index (χ2n) is 8.28. The van der Waals surface area contributed by atoms with Crippen molar-refractivity contribution in [1.29, 1.82) is 0 Å². The average Bonchev–Trinajstić information content (AvgIpc) is 3.46. The Hall–Kier alpha value is -3.45. The van der Waals surface area contributed by atoms with Gasteiger partial charge < -0.3 is 14.2 Å². The number of hydrogen-bond acceptors (Lipinski definition) is 4. The summed E-state index contributed by atoms with van der Waals surface area (Å²) in [5.41, 5.74) is 3.69. The molecule has 1 amide bonds. The van der Waals surface area contributed by atoms with Gasteiger partial charge in [0.1, 0.15) is 5.82 Å². The minimum Gasteiger partial charge on any atom is -0.337 e. The van der Waals surface area contributed by atoms with Crippen LogP contribution in [0, 0.1) is 0 Å². The molecule has 1 aliphatic heterocycles. The standard InChI is InChI=1S/C24H26N6O/c1-27(2)20-9-13-28(14-10-20)24(31)22-11-15-30(26-22)23-8-7-21-6-5-19(17-29(21)23)18-4-3-12-25-16-18/h3-8,11-12,15-17,20H,9-10,13-14H2,1-2H3. The summed E-state index contributed by atoms with van der Waals surface area (Å²) in [4.78, 5) is 21.4. The van der Waals surface area contributed by atoms with Crippen LogP contribution in [0.1, 0.15) is 23.3 Å². The van der Waals surface area contributed by atoms with E-state index in [4.69, 9.17) is 0 Å². The fraction of sp³-hybridized carbons (Fsp3) is 0.292. The van der Waals surface area contributed by atoms with Crippen LogP contribution in [0.25, 0.3) is 22.5 Å². The fourth-order valence-corrected chi connectivity index (χ4v) is 4.29. The first-order chi connectivity index (χ1) is 15.1. The van der Waals surface area contributed by atoms with Crippen LogP contribution < -0.4 is 0 Å². The van der Waals surface area contributed by atoms with E-state index >= 15 is 0 Å². The molecular formula is C24H26N6O. The largest absolute Gasteiger partial charge is 0.337 e. The summed E-state index contributed by atoms with van der Waals surface area (Å²) in [6, 6.07) is 14.6. The maximum absolute atomic E-state index is 13.0. The number of fused-ring (bicyclic) bond motifs is 1. The van der Waals surface area contributed by atoms with Gasteiger partial charge in [0, 0.05) is 55.0 Å². The topological polar surface area (TPSA) is 58.7 Å². The van der Waals surface area contributed by atoms with Crippen molar-refractivity contribution in [3.05, 3.63) is 72.9 Å². The Bertz CT molecular complexity index is 1200. The molecule has 1 aliphatic rings. The Balaban J connectivity index is 1.40. The van der Waals surface area contributed by atoms with E-state index in [-0.39, 0.29) is 5.91 Å². The normalized spacial score (nSPS) is 15.1. The lowest BCUT2D eigenvalue weighted by Crippen LogP contribution is -2.44. The van der Waals surface area contributed by atoms with Crippen molar-refractivity contribution < 1.29 is 4.79 Å². The highest BCUT2D eigenvalue weighted by molar-refractivity contribution is 5.92. The molecule has 0 atom stereocenters. The zero-order valence-corrected chi connectivity index (χ0v) is 17.8. The minimum absolute atomic E-state index is 0.00728. The van der Waals surface area contributed by atoms with Gasteiger partial charge in [0.15, 0.2) is 5.69 Å². The molecule has 0 unspecified atom stereocenters. The van der Waals surface area contributed by atoms with Gasteiger partial charge in [-0.05, 0) is 62.8 Å². The number of carbonyl (C=O) groups is 1. The molecule has 7 heteroatoms. The highest BCUT2D eigenvalue weighted by Crippen LogP contribution is 2.23. The van der Waals surface area contributed by atoms with Crippen LogP contribution in [0.2, 0.25) is 0 Å². The minimum atomic E-state index is 0.00728. The SMILES string of the molecule is CN(C)C1CCN(C(=O)c2ccn(-c3ccc4ccc(-c5cccnc5)cn34)n2)CC1. The number of likely N-dealkylation sites (tertiary alicyclic amines) is 1. The average molecular weight is 415 g/mol. The van der Waals surface area contributed by atoms with E-state index in [0.717, 1.165) is 48.4 Å². The van der Waals surface area contributed by atoms with Gasteiger partial charge in [-0.25, -0.2) is 4.68 Å². The molecule has 5 heterocycles. The van der Waals surface area contributed by atoms with Gasteiger partial charge >= 0.3 is 0 Å². The number of hydrogen-bond donors (Lipinski definition) is 0. The van der Waals surface area contributed by atoms with E-state index in [9.17, 15) is 4.79 Å². The highest BCUT2D eigenvalue weighted by Gasteiger charge is 2.26. The van der Waals surface area contributed by atoms with E-state index in [0.29, 0.717) is 11.7 Å². The van der Waals surface area contributed by atoms with Gasteiger partial charge in [0.05, 0.1) is 0 Å². The number of rotatable bonds is 4. The predicted octanol–water partition coefficient (Wildman–Crippen LogP) is 3.35. The number of aromatic nitrogens is 4. The van der Waals surface area contributed by atoms with Crippen molar-refractivity contribution in [3.8, 4) is 16.9 Å². The second-order valence-corrected chi connectivity index (χ2v) is 8.28. The monoisotopic (exact) mass is 414 g/mol. The Kier molecular flexibility index (Phi) is 5.03. The molecule has 0 spiro atoms. The molecule has 158 valence electrons. The molecule has 1 saturated heterocycles. The molecule has 0 N–H and O–H groups in total. The molecule has 5 rings (SSSR count). The molecule has 4 aromatic heterocycles. The molecule has 1 fully saturated rings. The van der Waals surface area contributed by atoms with Crippen molar-refractivity contribution >= 4 is 11.4 Å². The third-order valence-corrected chi connectivity index (χ3v) is 6.15. The van der Waals surface area contributed by atoms with Crippen molar-refractivity contribution in [2.45, 2.75) is 18.9 Å². The second kappa shape index (κ2) is 8.00. The van der Waals surface area contributed by atoms with E-state index < -0.39 is 0 Å². The highest BCUT2D eigenvalue weighted by atomic mass is 16.2. The lowest BCUT2D eigenvalue weighted by atomic mass is 10.0. The van der Waals surface area contributed by atoms with Crippen molar-refractivity contribution in [1.82, 2.24) is 29.0 Å². The number of nitrogens with zero attached hydrogens (tertiary/aromatic N) is 6. The van der Waals surface area contributed by atoms with E-state index in [1.807, 2.05) is 41.6 Å². The summed E-state index contributed by atoms with van der Waals surface area (Å²) >= 11 is 0. The van der Waals surface area contributed by atoms with Crippen molar-refractivity contribution in [2.75, 3.05) is 27.2 Å². The Morgan fingerprint density at radius 2 is 1.84 bits per heavy atom. The van der Waals surface area contributed by atoms with Crippen LogP contribution in [0.3, 0.4) is 0 Å². The van der Waals surface area contributed by atoms with E-state index in [2.05, 4.69) is 57.9 Å². The number of amides is 1. The summed E-state index contributed by atoms with van der Waals surface area (Å²) in [6.07, 6.45) is 9.57. The van der Waals surface area contributed by atoms with E-state index in [1.165, 1.54) is 0 Å². The molecule has 7 nitrogen and oxygen atoms in total. The Morgan fingerprint density at radius 1 is 1.03 bits per heavy atom. The van der Waals surface area contributed by atoms with Crippen LogP contribution in [-0.4, -0.2) is 68.1 Å². The molecule has 0 aliphatic carbocycles. The molecular weight excluding hydrogens is 388 g/mol. The van der Waals surface area contributed by atoms with Gasteiger partial charge in [0.2, 0.25) is 0 Å². The zero-order valence-electron chi connectivity index (χ0n) is 17.8. The number of carbonyl (C=O) groups excluding carboxylic acids is 1. The molecule has 0 saturated carbocycles. The summed E-state index contributed by atoms with van der Waals surface area (Å²) in [5, 5.41) is 4.62. The first-order valence-corrected chi connectivity index (χ1v) is 10.6. The van der Waals surface area contributed by atoms with Gasteiger partial charge in [0.25, 0.3) is 5.91 Å². The number of piperidine rings is 1. The first-order valence-electron chi connectivity index (χ1n) is 10.6. The third kappa shape index (κ3) is 3.72. The summed E-state index contributed by atoms with van der Waals surface area (Å²) in [7, 11) is 4.21. The third-order valence-electron chi connectivity index (χ3n) is 6.15. The first kappa shape index (κ1) is 19.5. The smallest absolute Gasteiger partial charge is 0.274 e. The van der Waals surface area contributed by atoms with E-state index in [1.54, 1.807) is 10.9 Å². The predicted molar refractivity (Wildman–Crippen MR) is 120 cm³/mol. The van der Waals surface area contributed by atoms with Gasteiger partial charge in [-0.15, -0.1) is 0 Å². The Labute approximate surface area is 181 Å². The number of pyridine rings is 2. The Morgan fingerprint density at radius 3 is 2.58 bits per heavy atom. The van der Waals surface area contributed by atoms with Gasteiger partial charge in [-0.1, -0.05) is 12.1 Å². The maximum Gasteiger partial charge on any atom is 0.274 e. The van der Waals surface area contributed by atoms with Gasteiger partial charge in [-0.2, -0.15) is 5.10 Å². The fourth-order valence-electron chi connectivity index (χ4n) is 4.29. The van der Waals surface area contributed by atoms with Crippen molar-refractivity contribution in [3.63, 3.8) is 0 Å². The van der Waals surface area contributed by atoms with Crippen LogP contribution in [0.4, 0.5) is 0 Å². The summed E-state index contributed by atoms with van der Waals surface area (Å²) in [5.74, 6) is 0.902. The van der Waals surface area contributed by atoms with Crippen molar-refractivity contribution in [2.24, 2.45) is 0 Å². The maximum atomic E-state index is 13.0. The molecule has 31 heavy (non-hydrogen) atoms. The van der Waals surface area contributed by atoms with Gasteiger partial charge in [-0.3, -0.25) is 9.78 Å².